The molecule has 8 rings (SSSR count). The minimum absolute atomic E-state index is 0.0732. The largest absolute Gasteiger partial charge is 0.508 e. The minimum Gasteiger partial charge on any atom is -0.508 e. The number of aromatic hydroxyl groups is 1. The van der Waals surface area contributed by atoms with Crippen LogP contribution in [0.2, 0.25) is 5.02 Å². The molecular weight excluding hydrogens is 650 g/mol. The molecule has 4 aliphatic rings. The lowest BCUT2D eigenvalue weighted by atomic mass is 9.51. The summed E-state index contributed by atoms with van der Waals surface area (Å²) in [6, 6.07) is 20.3. The molecule has 4 amide bonds. The summed E-state index contributed by atoms with van der Waals surface area (Å²) in [6.07, 6.45) is 2.14. The van der Waals surface area contributed by atoms with Crippen LogP contribution >= 0.6 is 11.6 Å². The van der Waals surface area contributed by atoms with Gasteiger partial charge in [-0.1, -0.05) is 65.7 Å². The van der Waals surface area contributed by atoms with Crippen molar-refractivity contribution in [2.45, 2.75) is 25.7 Å². The molecular formula is C37H29BClFN2O7. The average Bonchev–Trinajstić information content (AvgIpc) is 3.46. The van der Waals surface area contributed by atoms with Crippen LogP contribution < -0.4 is 15.3 Å². The molecule has 49 heavy (non-hydrogen) atoms. The Bertz CT molecular complexity index is 2170. The molecule has 4 aromatic rings. The van der Waals surface area contributed by atoms with Crippen molar-refractivity contribution in [3.05, 3.63) is 107 Å². The third-order valence-electron chi connectivity index (χ3n) is 11.1. The summed E-state index contributed by atoms with van der Waals surface area (Å²) < 4.78 is 14.2. The standard InChI is InChI=1S/C37H29BClFN2O7/c1-37-26(34(45)42(36(37)47)21-10-13-28(40)27(39)16-21)17-25-23(32(37)31-22-8-3-2-5-18(22)9-14-29(31)43)11-12-24-30(25)35(46)41(33(24)44)20-7-4-6-19(15-20)38(48)49/h2-11,13-16,24-26,30,32,43,48-49H,12,17H2,1H3/t24-,25+,26-,30-,32+,37+/m0/s1. The average molecular weight is 679 g/mol. The Morgan fingerprint density at radius 3 is 2.37 bits per heavy atom. The van der Waals surface area contributed by atoms with Crippen molar-refractivity contribution in [2.75, 3.05) is 9.80 Å². The van der Waals surface area contributed by atoms with Gasteiger partial charge in [-0.2, -0.15) is 0 Å². The summed E-state index contributed by atoms with van der Waals surface area (Å²) in [4.78, 5) is 59.6. The predicted molar refractivity (Wildman–Crippen MR) is 180 cm³/mol. The van der Waals surface area contributed by atoms with Gasteiger partial charge in [-0.3, -0.25) is 24.1 Å². The number of imide groups is 2. The van der Waals surface area contributed by atoms with Crippen LogP contribution in [0.15, 0.2) is 90.5 Å². The normalized spacial score (nSPS) is 27.7. The van der Waals surface area contributed by atoms with Crippen molar-refractivity contribution in [3.63, 3.8) is 0 Å². The summed E-state index contributed by atoms with van der Waals surface area (Å²) in [7, 11) is -1.81. The quantitative estimate of drug-likeness (QED) is 0.165. The van der Waals surface area contributed by atoms with Gasteiger partial charge in [0.25, 0.3) is 0 Å². The van der Waals surface area contributed by atoms with E-state index in [1.54, 1.807) is 25.1 Å². The number of allylic oxidation sites excluding steroid dienone is 2. The van der Waals surface area contributed by atoms with Gasteiger partial charge in [-0.25, -0.2) is 9.29 Å². The molecule has 4 aromatic carbocycles. The number of carbonyl (C=O) groups is 4. The molecule has 3 N–H and O–H groups in total. The highest BCUT2D eigenvalue weighted by Gasteiger charge is 2.68. The Morgan fingerprint density at radius 1 is 0.857 bits per heavy atom. The monoisotopic (exact) mass is 678 g/mol. The molecule has 2 saturated heterocycles. The minimum atomic E-state index is -1.81. The second-order valence-corrected chi connectivity index (χ2v) is 13.9. The number of phenolic OH excluding ortho intramolecular Hbond substituents is 1. The maximum absolute atomic E-state index is 14.7. The molecule has 6 atom stereocenters. The van der Waals surface area contributed by atoms with Crippen molar-refractivity contribution >= 4 is 70.0 Å². The molecule has 1 saturated carbocycles. The van der Waals surface area contributed by atoms with E-state index in [-0.39, 0.29) is 40.5 Å². The van der Waals surface area contributed by atoms with Crippen LogP contribution in [0.3, 0.4) is 0 Å². The molecule has 246 valence electrons. The van der Waals surface area contributed by atoms with Gasteiger partial charge in [-0.05, 0) is 78.3 Å². The SMILES string of the molecule is C[C@@]12C(=O)N(c3ccc(F)c(Cl)c3)C(=O)[C@@H]1C[C@@H]1C(=CC[C@@H]3C(=O)N(c4cccc(B(O)O)c4)C(=O)[C@@H]31)[C@@H]2c1c(O)ccc2ccccc12. The molecule has 0 spiro atoms. The van der Waals surface area contributed by atoms with E-state index >= 15 is 0 Å². The number of fused-ring (bicyclic) bond motifs is 5. The Hall–Kier alpha value is -4.84. The number of anilines is 2. The molecule has 12 heteroatoms. The first-order valence-electron chi connectivity index (χ1n) is 16.0. The molecule has 0 radical (unpaired) electrons. The van der Waals surface area contributed by atoms with Gasteiger partial charge in [0.1, 0.15) is 11.6 Å². The number of carbonyl (C=O) groups excluding carboxylic acids is 4. The molecule has 2 aliphatic heterocycles. The summed E-state index contributed by atoms with van der Waals surface area (Å²) in [6.45, 7) is 1.71. The topological polar surface area (TPSA) is 135 Å². The van der Waals surface area contributed by atoms with E-state index in [0.717, 1.165) is 21.3 Å². The van der Waals surface area contributed by atoms with Gasteiger partial charge < -0.3 is 15.2 Å². The van der Waals surface area contributed by atoms with Gasteiger partial charge >= 0.3 is 7.12 Å². The highest BCUT2D eigenvalue weighted by atomic mass is 35.5. The number of rotatable bonds is 4. The van der Waals surface area contributed by atoms with Crippen LogP contribution in [0.1, 0.15) is 31.2 Å². The third kappa shape index (κ3) is 4.38. The molecule has 0 bridgehead atoms. The number of halogens is 2. The summed E-state index contributed by atoms with van der Waals surface area (Å²) >= 11 is 6.10. The molecule has 2 heterocycles. The number of benzene rings is 4. The second-order valence-electron chi connectivity index (χ2n) is 13.5. The number of hydrogen-bond donors (Lipinski definition) is 3. The zero-order valence-corrected chi connectivity index (χ0v) is 26.8. The summed E-state index contributed by atoms with van der Waals surface area (Å²) in [5.74, 6) is -6.93. The van der Waals surface area contributed by atoms with Gasteiger partial charge in [0.05, 0.1) is 39.6 Å². The lowest BCUT2D eigenvalue weighted by Crippen LogP contribution is -2.49. The van der Waals surface area contributed by atoms with E-state index in [9.17, 15) is 38.7 Å². The molecule has 0 aromatic heterocycles. The fourth-order valence-electron chi connectivity index (χ4n) is 8.86. The van der Waals surface area contributed by atoms with Crippen LogP contribution in [-0.4, -0.2) is 45.9 Å². The lowest BCUT2D eigenvalue weighted by Gasteiger charge is -2.49. The molecule has 3 fully saturated rings. The van der Waals surface area contributed by atoms with Crippen molar-refractivity contribution in [1.29, 1.82) is 0 Å². The predicted octanol–water partition coefficient (Wildman–Crippen LogP) is 4.45. The van der Waals surface area contributed by atoms with Crippen LogP contribution in [0, 0.1) is 34.9 Å². The van der Waals surface area contributed by atoms with Crippen LogP contribution in [-0.2, 0) is 19.2 Å². The van der Waals surface area contributed by atoms with Crippen molar-refractivity contribution in [2.24, 2.45) is 29.1 Å². The van der Waals surface area contributed by atoms with Crippen LogP contribution in [0.25, 0.3) is 10.8 Å². The Balaban J connectivity index is 1.31. The van der Waals surface area contributed by atoms with E-state index in [0.29, 0.717) is 16.5 Å². The van der Waals surface area contributed by atoms with Gasteiger partial charge in [0.2, 0.25) is 23.6 Å². The zero-order valence-electron chi connectivity index (χ0n) is 26.1. The molecule has 2 aliphatic carbocycles. The van der Waals surface area contributed by atoms with Gasteiger partial charge in [-0.15, -0.1) is 0 Å². The third-order valence-corrected chi connectivity index (χ3v) is 11.4. The Morgan fingerprint density at radius 2 is 1.61 bits per heavy atom. The first-order chi connectivity index (χ1) is 23.4. The lowest BCUT2D eigenvalue weighted by molar-refractivity contribution is -0.131. The maximum Gasteiger partial charge on any atom is 0.488 e. The molecule has 0 unspecified atom stereocenters. The number of phenols is 1. The van der Waals surface area contributed by atoms with E-state index in [1.807, 2.05) is 30.3 Å². The van der Waals surface area contributed by atoms with Crippen molar-refractivity contribution in [1.82, 2.24) is 0 Å². The van der Waals surface area contributed by atoms with Crippen molar-refractivity contribution < 1.29 is 38.7 Å². The summed E-state index contributed by atoms with van der Waals surface area (Å²) in [5, 5.41) is 32.3. The van der Waals surface area contributed by atoms with Crippen LogP contribution in [0.4, 0.5) is 15.8 Å². The van der Waals surface area contributed by atoms with Crippen molar-refractivity contribution in [3.8, 4) is 5.75 Å². The first kappa shape index (κ1) is 31.4. The molecule has 9 nitrogen and oxygen atoms in total. The second kappa shape index (κ2) is 11.1. The van der Waals surface area contributed by atoms with Crippen LogP contribution in [0.5, 0.6) is 5.75 Å². The highest BCUT2D eigenvalue weighted by Crippen LogP contribution is 2.65. The number of hydrogen-bond acceptors (Lipinski definition) is 7. The highest BCUT2D eigenvalue weighted by molar-refractivity contribution is 6.58. The van der Waals surface area contributed by atoms with E-state index in [2.05, 4.69) is 0 Å². The number of nitrogens with zero attached hydrogens (tertiary/aromatic N) is 2. The first-order valence-corrected chi connectivity index (χ1v) is 16.4. The Labute approximate surface area is 285 Å². The fourth-order valence-corrected chi connectivity index (χ4v) is 9.03. The maximum atomic E-state index is 14.7. The fraction of sp³-hybridized carbons (Fsp3) is 0.243. The van der Waals surface area contributed by atoms with E-state index in [1.165, 1.54) is 30.3 Å². The van der Waals surface area contributed by atoms with Gasteiger partial charge in [0, 0.05) is 11.5 Å². The van der Waals surface area contributed by atoms with Gasteiger partial charge in [0.15, 0.2) is 0 Å². The van der Waals surface area contributed by atoms with E-state index < -0.39 is 71.6 Å². The number of amides is 4. The van der Waals surface area contributed by atoms with E-state index in [4.69, 9.17) is 11.6 Å². The Kier molecular flexibility index (Phi) is 7.12. The summed E-state index contributed by atoms with van der Waals surface area (Å²) in [5.41, 5.74) is 0.116. The zero-order chi connectivity index (χ0) is 34.5. The smallest absolute Gasteiger partial charge is 0.488 e.